The average molecular weight is 574 g/mol. The molecule has 0 radical (unpaired) electrons. The molecule has 0 saturated carbocycles. The molecule has 39 heavy (non-hydrogen) atoms. The lowest BCUT2D eigenvalue weighted by atomic mass is 10.1. The van der Waals surface area contributed by atoms with Crippen LogP contribution in [0.3, 0.4) is 0 Å². The Bertz CT molecular complexity index is 1390. The second kappa shape index (κ2) is 12.2. The predicted octanol–water partition coefficient (Wildman–Crippen LogP) is 6.12. The second-order valence-electron chi connectivity index (χ2n) is 8.91. The Morgan fingerprint density at radius 3 is 2.23 bits per heavy atom. The summed E-state index contributed by atoms with van der Waals surface area (Å²) in [6.45, 7) is -1.14. The van der Waals surface area contributed by atoms with E-state index >= 15 is 8.78 Å². The van der Waals surface area contributed by atoms with Crippen molar-refractivity contribution in [1.29, 1.82) is 0 Å². The Morgan fingerprint density at radius 1 is 0.923 bits per heavy atom. The van der Waals surface area contributed by atoms with E-state index < -0.39 is 45.4 Å². The van der Waals surface area contributed by atoms with Gasteiger partial charge in [-0.15, -0.1) is 0 Å². The number of rotatable bonds is 12. The number of halogens is 6. The zero-order valence-corrected chi connectivity index (χ0v) is 21.5. The zero-order chi connectivity index (χ0) is 28.8. The number of sulfone groups is 1. The third-order valence-electron chi connectivity index (χ3n) is 5.75. The molecule has 5 nitrogen and oxygen atoms in total. The van der Waals surface area contributed by atoms with E-state index in [1.165, 1.54) is 35.2 Å². The Balaban J connectivity index is 1.75. The number of benzene rings is 3. The van der Waals surface area contributed by atoms with Gasteiger partial charge in [0.25, 0.3) is 5.92 Å². The maximum atomic E-state index is 15.1. The van der Waals surface area contributed by atoms with Gasteiger partial charge in [-0.3, -0.25) is 9.69 Å². The summed E-state index contributed by atoms with van der Waals surface area (Å²) in [5.41, 5.74) is -1.23. The first-order chi connectivity index (χ1) is 18.2. The molecular formula is C27H25F6NO4S. The van der Waals surface area contributed by atoms with E-state index in [0.717, 1.165) is 42.7 Å². The smallest absolute Gasteiger partial charge is 0.416 e. The van der Waals surface area contributed by atoms with Crippen LogP contribution in [0.5, 0.6) is 5.75 Å². The lowest BCUT2D eigenvalue weighted by molar-refractivity contribution is -0.137. The minimum atomic E-state index is -4.60. The number of carbonyl (C=O) groups is 1. The number of carbonyl (C=O) groups excluding carboxylic acids is 1. The lowest BCUT2D eigenvalue weighted by Crippen LogP contribution is -2.36. The van der Waals surface area contributed by atoms with Gasteiger partial charge in [-0.05, 0) is 48.4 Å². The molecule has 0 aliphatic heterocycles. The Hall–Kier alpha value is -3.38. The predicted molar refractivity (Wildman–Crippen MR) is 132 cm³/mol. The number of nitrogens with zero attached hydrogens (tertiary/aromatic N) is 1. The van der Waals surface area contributed by atoms with E-state index in [1.807, 2.05) is 0 Å². The van der Waals surface area contributed by atoms with Gasteiger partial charge in [0, 0.05) is 30.5 Å². The highest BCUT2D eigenvalue weighted by molar-refractivity contribution is 7.90. The monoisotopic (exact) mass is 573 g/mol. The molecule has 0 N–H and O–H groups in total. The number of aldehydes is 1. The van der Waals surface area contributed by atoms with Crippen molar-refractivity contribution < 1.29 is 44.3 Å². The van der Waals surface area contributed by atoms with E-state index in [1.54, 1.807) is 0 Å². The van der Waals surface area contributed by atoms with Crippen molar-refractivity contribution in [2.75, 3.05) is 26.0 Å². The van der Waals surface area contributed by atoms with Crippen molar-refractivity contribution in [3.63, 3.8) is 0 Å². The standard InChI is InChI=1S/C27H25F6NO4S/c1-39(36,37)25-15-24(11-6-20(25)17-35)38-13-3-12-34(16-19-4-2-5-22(14-19)27(31,32)33)18-26(29,30)21-7-9-23(28)10-8-21/h2,4-11,14-15,17H,3,12-13,16,18H2,1H3. The lowest BCUT2D eigenvalue weighted by Gasteiger charge is -2.28. The number of ether oxygens (including phenoxy) is 1. The largest absolute Gasteiger partial charge is 0.494 e. The third-order valence-corrected chi connectivity index (χ3v) is 6.90. The van der Waals surface area contributed by atoms with Crippen LogP contribution in [0.25, 0.3) is 0 Å². The van der Waals surface area contributed by atoms with Gasteiger partial charge >= 0.3 is 6.18 Å². The van der Waals surface area contributed by atoms with Crippen molar-refractivity contribution in [3.05, 3.63) is 94.8 Å². The minimum absolute atomic E-state index is 0.0155. The summed E-state index contributed by atoms with van der Waals surface area (Å²) in [4.78, 5) is 12.2. The van der Waals surface area contributed by atoms with Crippen LogP contribution >= 0.6 is 0 Å². The molecule has 0 bridgehead atoms. The molecule has 3 aromatic rings. The molecule has 3 rings (SSSR count). The number of hydrogen-bond acceptors (Lipinski definition) is 5. The van der Waals surface area contributed by atoms with E-state index in [-0.39, 0.29) is 47.9 Å². The average Bonchev–Trinajstić information content (AvgIpc) is 2.85. The SMILES string of the molecule is CS(=O)(=O)c1cc(OCCCN(Cc2cccc(C(F)(F)F)c2)CC(F)(F)c2ccc(F)cc2)ccc1C=O. The summed E-state index contributed by atoms with van der Waals surface area (Å²) in [6, 6.07) is 11.9. The fourth-order valence-electron chi connectivity index (χ4n) is 3.89. The molecule has 0 aliphatic rings. The summed E-state index contributed by atoms with van der Waals surface area (Å²) >= 11 is 0. The Kier molecular flexibility index (Phi) is 9.44. The topological polar surface area (TPSA) is 63.7 Å². The van der Waals surface area contributed by atoms with E-state index in [2.05, 4.69) is 0 Å². The normalized spacial score (nSPS) is 12.5. The van der Waals surface area contributed by atoms with Crippen LogP contribution in [0.4, 0.5) is 26.3 Å². The van der Waals surface area contributed by atoms with Gasteiger partial charge in [0.15, 0.2) is 16.1 Å². The molecule has 0 aromatic heterocycles. The summed E-state index contributed by atoms with van der Waals surface area (Å²) in [7, 11) is -3.72. The van der Waals surface area contributed by atoms with Gasteiger partial charge in [-0.25, -0.2) is 12.8 Å². The molecule has 0 unspecified atom stereocenters. The molecular weight excluding hydrogens is 548 g/mol. The van der Waals surface area contributed by atoms with Gasteiger partial charge in [-0.2, -0.15) is 22.0 Å². The van der Waals surface area contributed by atoms with Crippen LogP contribution in [0, 0.1) is 5.82 Å². The van der Waals surface area contributed by atoms with E-state index in [9.17, 15) is 30.8 Å². The van der Waals surface area contributed by atoms with Crippen molar-refractivity contribution in [2.24, 2.45) is 0 Å². The fraction of sp³-hybridized carbons (Fsp3) is 0.296. The first-order valence-electron chi connectivity index (χ1n) is 11.6. The fourth-order valence-corrected chi connectivity index (χ4v) is 4.76. The Labute approximate surface area is 221 Å². The molecule has 0 spiro atoms. The Morgan fingerprint density at radius 2 is 1.62 bits per heavy atom. The highest BCUT2D eigenvalue weighted by atomic mass is 32.2. The summed E-state index contributed by atoms with van der Waals surface area (Å²) in [5.74, 6) is -3.99. The molecule has 12 heteroatoms. The quantitative estimate of drug-likeness (QED) is 0.148. The maximum Gasteiger partial charge on any atom is 0.416 e. The van der Waals surface area contributed by atoms with Crippen molar-refractivity contribution in [3.8, 4) is 5.75 Å². The van der Waals surface area contributed by atoms with Crippen LogP contribution in [-0.2, 0) is 28.5 Å². The molecule has 3 aromatic carbocycles. The van der Waals surface area contributed by atoms with Crippen molar-refractivity contribution in [1.82, 2.24) is 4.90 Å². The van der Waals surface area contributed by atoms with Gasteiger partial charge in [-0.1, -0.05) is 30.3 Å². The third kappa shape index (κ3) is 8.56. The molecule has 0 fully saturated rings. The molecule has 0 heterocycles. The van der Waals surface area contributed by atoms with Gasteiger partial charge in [0.05, 0.1) is 23.6 Å². The molecule has 0 saturated heterocycles. The molecule has 210 valence electrons. The van der Waals surface area contributed by atoms with Crippen LogP contribution < -0.4 is 4.74 Å². The van der Waals surface area contributed by atoms with Crippen LogP contribution in [0.15, 0.2) is 71.6 Å². The number of alkyl halides is 5. The summed E-state index contributed by atoms with van der Waals surface area (Å²) in [5, 5.41) is 0. The van der Waals surface area contributed by atoms with Crippen LogP contribution in [0.1, 0.15) is 33.5 Å². The second-order valence-corrected chi connectivity index (χ2v) is 10.9. The van der Waals surface area contributed by atoms with Crippen molar-refractivity contribution in [2.45, 2.75) is 30.0 Å². The van der Waals surface area contributed by atoms with Gasteiger partial charge < -0.3 is 4.74 Å². The number of hydrogen-bond donors (Lipinski definition) is 0. The van der Waals surface area contributed by atoms with E-state index in [4.69, 9.17) is 4.74 Å². The van der Waals surface area contributed by atoms with Crippen molar-refractivity contribution >= 4 is 16.1 Å². The minimum Gasteiger partial charge on any atom is -0.494 e. The zero-order valence-electron chi connectivity index (χ0n) is 20.7. The van der Waals surface area contributed by atoms with Crippen LogP contribution in [0.2, 0.25) is 0 Å². The van der Waals surface area contributed by atoms with Gasteiger partial charge in [0.2, 0.25) is 0 Å². The highest BCUT2D eigenvalue weighted by Gasteiger charge is 2.34. The van der Waals surface area contributed by atoms with Gasteiger partial charge in [0.1, 0.15) is 11.6 Å². The van der Waals surface area contributed by atoms with Crippen LogP contribution in [-0.4, -0.2) is 45.6 Å². The summed E-state index contributed by atoms with van der Waals surface area (Å²) in [6.07, 6.45) is -3.11. The molecule has 0 aliphatic carbocycles. The molecule has 0 amide bonds. The maximum absolute atomic E-state index is 15.1. The molecule has 0 atom stereocenters. The first-order valence-corrected chi connectivity index (χ1v) is 13.5. The summed E-state index contributed by atoms with van der Waals surface area (Å²) < 4.78 is 112. The highest BCUT2D eigenvalue weighted by Crippen LogP contribution is 2.32. The first kappa shape index (κ1) is 30.2. The van der Waals surface area contributed by atoms with E-state index in [0.29, 0.717) is 6.29 Å².